The van der Waals surface area contributed by atoms with Crippen molar-refractivity contribution in [1.82, 2.24) is 0 Å². The lowest BCUT2D eigenvalue weighted by Gasteiger charge is -2.15. The lowest BCUT2D eigenvalue weighted by molar-refractivity contribution is -0.899. The minimum atomic E-state index is -0.293. The molecule has 1 aliphatic heterocycles. The van der Waals surface area contributed by atoms with E-state index in [1.54, 1.807) is 25.3 Å². The number of methoxy groups -OCH3 is 1. The Kier molecular flexibility index (Phi) is 6.49. The normalized spacial score (nSPS) is 13.9. The Hall–Kier alpha value is -4.07. The van der Waals surface area contributed by atoms with Crippen LogP contribution in [-0.4, -0.2) is 31.1 Å². The number of hydrogen-bond donors (Lipinski definition) is 2. The molecule has 2 aromatic rings. The van der Waals surface area contributed by atoms with Crippen LogP contribution >= 0.6 is 0 Å². The molecule has 0 amide bonds. The Balaban J connectivity index is 1.87. The van der Waals surface area contributed by atoms with E-state index in [9.17, 15) is 9.90 Å². The van der Waals surface area contributed by atoms with Crippen molar-refractivity contribution in [2.24, 2.45) is 0 Å². The van der Waals surface area contributed by atoms with E-state index >= 15 is 0 Å². The van der Waals surface area contributed by atoms with Crippen LogP contribution in [0.1, 0.15) is 21.5 Å². The maximum Gasteiger partial charge on any atom is 0.231 e. The van der Waals surface area contributed by atoms with Crippen molar-refractivity contribution in [2.75, 3.05) is 20.2 Å². The molecule has 150 valence electrons. The first kappa shape index (κ1) is 20.7. The summed E-state index contributed by atoms with van der Waals surface area (Å²) < 4.78 is 11.1. The van der Waals surface area contributed by atoms with E-state index in [1.807, 2.05) is 36.4 Å². The molecule has 0 saturated carbocycles. The van der Waals surface area contributed by atoms with Crippen LogP contribution in [-0.2, 0) is 6.54 Å². The van der Waals surface area contributed by atoms with Crippen molar-refractivity contribution in [2.45, 2.75) is 6.54 Å². The average molecular weight is 402 g/mol. The van der Waals surface area contributed by atoms with E-state index in [4.69, 9.17) is 20.0 Å². The Labute approximate surface area is 174 Å². The fraction of sp³-hybridized carbons (Fsp3) is 0.174. The number of aromatic hydroxyl groups is 1. The third-order valence-corrected chi connectivity index (χ3v) is 4.66. The highest BCUT2D eigenvalue weighted by molar-refractivity contribution is 6.12. The maximum absolute atomic E-state index is 12.7. The molecule has 0 atom stereocenters. The zero-order valence-electron chi connectivity index (χ0n) is 16.4. The number of nitrogens with one attached hydrogen (secondary N) is 1. The molecule has 0 radical (unpaired) electrons. The van der Waals surface area contributed by atoms with Crippen LogP contribution in [0.5, 0.6) is 17.2 Å². The first-order valence-electron chi connectivity index (χ1n) is 9.25. The van der Waals surface area contributed by atoms with Crippen molar-refractivity contribution < 1.29 is 24.3 Å². The van der Waals surface area contributed by atoms with E-state index in [1.165, 1.54) is 12.1 Å². The quantitative estimate of drug-likeness (QED) is 0.542. The van der Waals surface area contributed by atoms with Gasteiger partial charge in [-0.2, -0.15) is 10.5 Å². The number of para-hydroxylation sites is 1. The van der Waals surface area contributed by atoms with Crippen LogP contribution in [0, 0.1) is 22.7 Å². The third-order valence-electron chi connectivity index (χ3n) is 4.66. The predicted molar refractivity (Wildman–Crippen MR) is 109 cm³/mol. The number of nitrogens with zero attached hydrogens (tertiary/aromatic N) is 2. The van der Waals surface area contributed by atoms with E-state index in [0.29, 0.717) is 21.8 Å². The number of Topliss-reactive ketones (excluding diaryl/α,β-unsaturated/α-hetero) is 1. The van der Waals surface area contributed by atoms with E-state index in [2.05, 4.69) is 0 Å². The van der Waals surface area contributed by atoms with Crippen molar-refractivity contribution in [3.63, 3.8) is 0 Å². The standard InChI is InChI=1S/C23H19N3O4/c1-29-20-7-3-2-5-16(20)6-4-8-21-22(28)17-9-10-19(27)18(23(17)30-21)15-26(13-11-24)14-12-25/h2-10,27H,13-15H2,1H3/p+1/b6-4+,21-8-. The van der Waals surface area contributed by atoms with Gasteiger partial charge in [0.2, 0.25) is 5.78 Å². The number of rotatable bonds is 7. The van der Waals surface area contributed by atoms with Crippen LogP contribution in [0.2, 0.25) is 0 Å². The summed E-state index contributed by atoms with van der Waals surface area (Å²) in [7, 11) is 1.59. The molecular weight excluding hydrogens is 382 g/mol. The van der Waals surface area contributed by atoms with Gasteiger partial charge in [0.05, 0.1) is 18.2 Å². The van der Waals surface area contributed by atoms with Crippen LogP contribution < -0.4 is 14.4 Å². The smallest absolute Gasteiger partial charge is 0.231 e. The van der Waals surface area contributed by atoms with Gasteiger partial charge < -0.3 is 19.5 Å². The Morgan fingerprint density at radius 3 is 2.60 bits per heavy atom. The number of hydrogen-bond acceptors (Lipinski definition) is 6. The Morgan fingerprint density at radius 1 is 1.17 bits per heavy atom. The second kappa shape index (κ2) is 9.42. The highest BCUT2D eigenvalue weighted by atomic mass is 16.5. The second-order valence-corrected chi connectivity index (χ2v) is 6.60. The molecule has 2 N–H and O–H groups in total. The number of fused-ring (bicyclic) bond motifs is 1. The van der Waals surface area contributed by atoms with Gasteiger partial charge in [-0.1, -0.05) is 30.4 Å². The molecule has 30 heavy (non-hydrogen) atoms. The summed E-state index contributed by atoms with van der Waals surface area (Å²) >= 11 is 0. The minimum absolute atomic E-state index is 0.0410. The zero-order chi connectivity index (χ0) is 21.5. The first-order chi connectivity index (χ1) is 14.6. The SMILES string of the molecule is COc1ccccc1/C=C/C=C1\Oc2c(ccc(O)c2C[NH+](CC#N)CC#N)C1=O. The van der Waals surface area contributed by atoms with Gasteiger partial charge in [0.15, 0.2) is 24.6 Å². The molecule has 0 saturated heterocycles. The fourth-order valence-electron chi connectivity index (χ4n) is 3.19. The van der Waals surface area contributed by atoms with Gasteiger partial charge in [0, 0.05) is 5.56 Å². The fourth-order valence-corrected chi connectivity index (χ4v) is 3.19. The number of nitriles is 2. The van der Waals surface area contributed by atoms with Gasteiger partial charge >= 0.3 is 0 Å². The summed E-state index contributed by atoms with van der Waals surface area (Å²) in [6.45, 7) is 0.373. The van der Waals surface area contributed by atoms with Gasteiger partial charge in [0.1, 0.15) is 30.2 Å². The molecular formula is C23H20N3O4+. The molecule has 0 fully saturated rings. The predicted octanol–water partition coefficient (Wildman–Crippen LogP) is 2.01. The summed E-state index contributed by atoms with van der Waals surface area (Å²) in [6.07, 6.45) is 5.06. The highest BCUT2D eigenvalue weighted by Crippen LogP contribution is 2.38. The molecule has 0 aromatic heterocycles. The van der Waals surface area contributed by atoms with E-state index < -0.39 is 0 Å². The number of ether oxygens (including phenoxy) is 2. The number of benzene rings is 2. The van der Waals surface area contributed by atoms with E-state index in [0.717, 1.165) is 5.56 Å². The summed E-state index contributed by atoms with van der Waals surface area (Å²) in [5.74, 6) is 0.772. The number of phenols is 1. The van der Waals surface area contributed by atoms with Gasteiger partial charge in [-0.15, -0.1) is 0 Å². The molecule has 1 aliphatic rings. The van der Waals surface area contributed by atoms with Gasteiger partial charge in [0.25, 0.3) is 0 Å². The average Bonchev–Trinajstić information content (AvgIpc) is 3.06. The van der Waals surface area contributed by atoms with Gasteiger partial charge in [-0.05, 0) is 24.3 Å². The lowest BCUT2D eigenvalue weighted by atomic mass is 10.0. The molecule has 0 bridgehead atoms. The zero-order valence-corrected chi connectivity index (χ0v) is 16.4. The number of allylic oxidation sites excluding steroid dienone is 3. The summed E-state index contributed by atoms with van der Waals surface area (Å²) in [5.41, 5.74) is 1.59. The summed E-state index contributed by atoms with van der Waals surface area (Å²) in [4.78, 5) is 13.4. The topological polar surface area (TPSA) is 108 Å². The third kappa shape index (κ3) is 4.33. The molecule has 1 heterocycles. The number of carbonyl (C=O) groups is 1. The number of ketones is 1. The van der Waals surface area contributed by atoms with Crippen LogP contribution in [0.15, 0.2) is 54.3 Å². The molecule has 0 unspecified atom stereocenters. The second-order valence-electron chi connectivity index (χ2n) is 6.60. The Bertz CT molecular complexity index is 1090. The van der Waals surface area contributed by atoms with Crippen molar-refractivity contribution in [1.29, 1.82) is 10.5 Å². The molecule has 0 aliphatic carbocycles. The number of quaternary nitrogens is 1. The lowest BCUT2D eigenvalue weighted by Crippen LogP contribution is -3.10. The molecule has 7 nitrogen and oxygen atoms in total. The largest absolute Gasteiger partial charge is 0.507 e. The van der Waals surface area contributed by atoms with Crippen LogP contribution in [0.25, 0.3) is 6.08 Å². The van der Waals surface area contributed by atoms with Crippen molar-refractivity contribution in [3.8, 4) is 29.4 Å². The van der Waals surface area contributed by atoms with Crippen LogP contribution in [0.4, 0.5) is 0 Å². The highest BCUT2D eigenvalue weighted by Gasteiger charge is 2.32. The number of phenolic OH excluding ortho intramolecular Hbond substituents is 1. The molecule has 3 rings (SSSR count). The molecule has 7 heteroatoms. The molecule has 0 spiro atoms. The van der Waals surface area contributed by atoms with Crippen molar-refractivity contribution >= 4 is 11.9 Å². The summed E-state index contributed by atoms with van der Waals surface area (Å²) in [5, 5.41) is 28.2. The monoisotopic (exact) mass is 402 g/mol. The number of carbonyl (C=O) groups excluding carboxylic acids is 1. The van der Waals surface area contributed by atoms with Crippen LogP contribution in [0.3, 0.4) is 0 Å². The van der Waals surface area contributed by atoms with Gasteiger partial charge in [-0.3, -0.25) is 4.79 Å². The van der Waals surface area contributed by atoms with Crippen molar-refractivity contribution in [3.05, 3.63) is 71.0 Å². The first-order valence-corrected chi connectivity index (χ1v) is 9.25. The van der Waals surface area contributed by atoms with E-state index in [-0.39, 0.29) is 42.7 Å². The molecule has 2 aromatic carbocycles. The van der Waals surface area contributed by atoms with Gasteiger partial charge in [-0.25, -0.2) is 0 Å². The maximum atomic E-state index is 12.7. The minimum Gasteiger partial charge on any atom is -0.507 e. The summed E-state index contributed by atoms with van der Waals surface area (Å²) in [6, 6.07) is 14.5. The Morgan fingerprint density at radius 2 is 1.90 bits per heavy atom.